The Morgan fingerprint density at radius 2 is 1.77 bits per heavy atom. The number of rotatable bonds is 2. The summed E-state index contributed by atoms with van der Waals surface area (Å²) in [5, 5.41) is 4.54. The van der Waals surface area contributed by atoms with E-state index in [-0.39, 0.29) is 10.5 Å². The third kappa shape index (κ3) is 2.09. The van der Waals surface area contributed by atoms with Gasteiger partial charge in [-0.15, -0.1) is 5.11 Å². The second-order valence-electron chi connectivity index (χ2n) is 4.91. The van der Waals surface area contributed by atoms with Gasteiger partial charge in [0.15, 0.2) is 0 Å². The molecule has 0 aromatic carbocycles. The molecule has 0 spiro atoms. The second-order valence-corrected chi connectivity index (χ2v) is 5.83. The predicted molar refractivity (Wildman–Crippen MR) is 73.3 cm³/mol. The SMILES string of the molecule is BC(B)(B)C(B)(B)n1cc(Br)cn1. The fraction of sp³-hybridized carbons (Fsp3) is 0.400. The lowest BCUT2D eigenvalue weighted by Gasteiger charge is -2.40. The maximum Gasteiger partial charge on any atom is 0.124 e. The van der Waals surface area contributed by atoms with Crippen molar-refractivity contribution in [3.8, 4) is 0 Å². The highest BCUT2D eigenvalue weighted by Gasteiger charge is 2.34. The summed E-state index contributed by atoms with van der Waals surface area (Å²) < 4.78 is 3.04. The zero-order chi connectivity index (χ0) is 10.3. The average molecular weight is 234 g/mol. The van der Waals surface area contributed by atoms with E-state index in [1.54, 1.807) is 0 Å². The molecular formula is C5H12B5BrN2. The molecule has 0 atom stereocenters. The number of hydrogen-bond donors (Lipinski definition) is 0. The summed E-state index contributed by atoms with van der Waals surface area (Å²) in [6.45, 7) is 0. The summed E-state index contributed by atoms with van der Waals surface area (Å²) in [6.07, 6.45) is 3.85. The Labute approximate surface area is 92.4 Å². The van der Waals surface area contributed by atoms with Crippen molar-refractivity contribution >= 4 is 55.2 Å². The average Bonchev–Trinajstić information content (AvgIpc) is 2.33. The van der Waals surface area contributed by atoms with Crippen LogP contribution in [0.1, 0.15) is 0 Å². The van der Waals surface area contributed by atoms with Crippen LogP contribution in [0, 0.1) is 0 Å². The van der Waals surface area contributed by atoms with Gasteiger partial charge in [0.25, 0.3) is 0 Å². The first-order chi connectivity index (χ1) is 5.75. The molecule has 0 aliphatic heterocycles. The Hall–Kier alpha value is 0.0147. The van der Waals surface area contributed by atoms with Gasteiger partial charge in [-0.05, 0) is 21.3 Å². The van der Waals surface area contributed by atoms with Crippen LogP contribution in [0.2, 0.25) is 5.11 Å². The second kappa shape index (κ2) is 3.30. The lowest BCUT2D eigenvalue weighted by Crippen LogP contribution is -2.48. The Kier molecular flexibility index (Phi) is 2.82. The Bertz CT molecular complexity index is 304. The number of hydrogen-bond acceptors (Lipinski definition) is 1. The lowest BCUT2D eigenvalue weighted by molar-refractivity contribution is 0.531. The third-order valence-electron chi connectivity index (χ3n) is 2.96. The topological polar surface area (TPSA) is 17.8 Å². The molecule has 1 rings (SSSR count). The van der Waals surface area contributed by atoms with Crippen molar-refractivity contribution in [2.45, 2.75) is 10.5 Å². The van der Waals surface area contributed by atoms with Crippen LogP contribution in [0.15, 0.2) is 16.9 Å². The minimum absolute atomic E-state index is 0.0268. The molecule has 8 heteroatoms. The van der Waals surface area contributed by atoms with Crippen LogP contribution in [-0.4, -0.2) is 49.0 Å². The number of aromatic nitrogens is 2. The summed E-state index contributed by atoms with van der Waals surface area (Å²) in [7, 11) is 11.1. The van der Waals surface area contributed by atoms with E-state index < -0.39 is 0 Å². The molecule has 0 N–H and O–H groups in total. The first-order valence-corrected chi connectivity index (χ1v) is 5.25. The van der Waals surface area contributed by atoms with E-state index in [4.69, 9.17) is 0 Å². The molecule has 1 aromatic rings. The summed E-state index contributed by atoms with van der Waals surface area (Å²) in [4.78, 5) is 0. The largest absolute Gasteiger partial charge is 0.283 e. The molecule has 0 fully saturated rings. The molecule has 1 heterocycles. The molecular weight excluding hydrogens is 222 g/mol. The van der Waals surface area contributed by atoms with Gasteiger partial charge in [-0.2, -0.15) is 5.10 Å². The van der Waals surface area contributed by atoms with Gasteiger partial charge in [-0.3, -0.25) is 4.68 Å². The molecule has 2 nitrogen and oxygen atoms in total. The highest BCUT2D eigenvalue weighted by atomic mass is 79.9. The summed E-state index contributed by atoms with van der Waals surface area (Å²) in [5.74, 6) is 0. The normalized spacial score (nSPS) is 13.0. The molecule has 0 unspecified atom stereocenters. The van der Waals surface area contributed by atoms with Crippen molar-refractivity contribution in [2.24, 2.45) is 0 Å². The maximum absolute atomic E-state index is 4.32. The highest BCUT2D eigenvalue weighted by molar-refractivity contribution is 9.10. The van der Waals surface area contributed by atoms with Crippen LogP contribution >= 0.6 is 15.9 Å². The minimum atomic E-state index is 0.0268. The van der Waals surface area contributed by atoms with Crippen LogP contribution in [0.4, 0.5) is 0 Å². The molecule has 0 aliphatic rings. The highest BCUT2D eigenvalue weighted by Crippen LogP contribution is 2.29. The Morgan fingerprint density at radius 3 is 2.08 bits per heavy atom. The molecule has 64 valence electrons. The maximum atomic E-state index is 4.32. The van der Waals surface area contributed by atoms with Crippen molar-refractivity contribution in [3.63, 3.8) is 0 Å². The van der Waals surface area contributed by atoms with E-state index >= 15 is 0 Å². The van der Waals surface area contributed by atoms with E-state index in [0.29, 0.717) is 0 Å². The van der Waals surface area contributed by atoms with E-state index in [1.807, 2.05) is 17.1 Å². The lowest BCUT2D eigenvalue weighted by atomic mass is 9.26. The summed E-state index contributed by atoms with van der Waals surface area (Å²) in [6, 6.07) is 0. The third-order valence-corrected chi connectivity index (χ3v) is 3.37. The molecule has 0 bridgehead atoms. The van der Waals surface area contributed by atoms with Gasteiger partial charge in [-0.1, -0.05) is 0 Å². The fourth-order valence-electron chi connectivity index (χ4n) is 0.950. The fourth-order valence-corrected chi connectivity index (χ4v) is 1.24. The number of halogens is 1. The van der Waals surface area contributed by atoms with E-state index in [0.717, 1.165) is 4.47 Å². The molecule has 0 radical (unpaired) electrons. The van der Waals surface area contributed by atoms with Gasteiger partial charge < -0.3 is 0 Å². The first kappa shape index (κ1) is 11.1. The Balaban J connectivity index is 3.07. The Morgan fingerprint density at radius 1 is 1.23 bits per heavy atom. The van der Waals surface area contributed by atoms with Crippen LogP contribution in [0.25, 0.3) is 0 Å². The van der Waals surface area contributed by atoms with Crippen molar-refractivity contribution in [1.82, 2.24) is 9.78 Å². The van der Waals surface area contributed by atoms with E-state index in [9.17, 15) is 0 Å². The van der Waals surface area contributed by atoms with Crippen LogP contribution in [-0.2, 0) is 5.34 Å². The summed E-state index contributed by atoms with van der Waals surface area (Å²) >= 11 is 3.41. The van der Waals surface area contributed by atoms with Gasteiger partial charge in [0.05, 0.1) is 34.2 Å². The van der Waals surface area contributed by atoms with Crippen LogP contribution in [0.3, 0.4) is 0 Å². The zero-order valence-corrected chi connectivity index (χ0v) is 10.5. The van der Waals surface area contributed by atoms with Gasteiger partial charge in [-0.25, -0.2) is 0 Å². The monoisotopic (exact) mass is 234 g/mol. The van der Waals surface area contributed by atoms with Gasteiger partial charge in [0.1, 0.15) is 15.7 Å². The predicted octanol–water partition coefficient (Wildman–Crippen LogP) is -3.50. The van der Waals surface area contributed by atoms with Gasteiger partial charge in [0, 0.05) is 6.20 Å². The zero-order valence-electron chi connectivity index (χ0n) is 8.93. The summed E-state index contributed by atoms with van der Waals surface area (Å²) in [5.41, 5.74) is 0. The van der Waals surface area contributed by atoms with E-state index in [2.05, 4.69) is 60.3 Å². The smallest absolute Gasteiger partial charge is 0.124 e. The van der Waals surface area contributed by atoms with E-state index in [1.165, 1.54) is 0 Å². The minimum Gasteiger partial charge on any atom is -0.283 e. The van der Waals surface area contributed by atoms with Gasteiger partial charge in [0.2, 0.25) is 0 Å². The van der Waals surface area contributed by atoms with Crippen LogP contribution in [0.5, 0.6) is 0 Å². The van der Waals surface area contributed by atoms with Crippen molar-refractivity contribution in [3.05, 3.63) is 16.9 Å². The van der Waals surface area contributed by atoms with Crippen molar-refractivity contribution < 1.29 is 0 Å². The molecule has 13 heavy (non-hydrogen) atoms. The van der Waals surface area contributed by atoms with Gasteiger partial charge >= 0.3 is 0 Å². The standard InChI is InChI=1S/C5H12B5BrN2/c6-4(7,8)5(9,10)13-2-3(11)1-12-13/h1-2H,6-10H2. The number of nitrogens with zero attached hydrogens (tertiary/aromatic N) is 2. The van der Waals surface area contributed by atoms with Crippen molar-refractivity contribution in [2.75, 3.05) is 0 Å². The molecule has 0 amide bonds. The molecule has 1 aromatic heterocycles. The first-order valence-electron chi connectivity index (χ1n) is 4.46. The molecule has 0 aliphatic carbocycles. The van der Waals surface area contributed by atoms with Crippen molar-refractivity contribution in [1.29, 1.82) is 0 Å². The van der Waals surface area contributed by atoms with Crippen LogP contribution < -0.4 is 0 Å². The molecule has 0 saturated heterocycles. The molecule has 0 saturated carbocycles. The quantitative estimate of drug-likeness (QED) is 0.485.